The lowest BCUT2D eigenvalue weighted by Crippen LogP contribution is -2.31. The summed E-state index contributed by atoms with van der Waals surface area (Å²) in [5.41, 5.74) is 1.45. The molecule has 19 heavy (non-hydrogen) atoms. The van der Waals surface area contributed by atoms with Crippen LogP contribution in [0.2, 0.25) is 0 Å². The number of hydrogen-bond acceptors (Lipinski definition) is 3. The number of carboxylic acids is 1. The highest BCUT2D eigenvalue weighted by Crippen LogP contribution is 2.22. The molecule has 1 aliphatic heterocycles. The molecule has 2 N–H and O–H groups in total. The van der Waals surface area contributed by atoms with E-state index >= 15 is 0 Å². The van der Waals surface area contributed by atoms with Crippen LogP contribution in [-0.2, 0) is 9.53 Å². The molecule has 102 valence electrons. The van der Waals surface area contributed by atoms with Crippen LogP contribution in [0.5, 0.6) is 0 Å². The van der Waals surface area contributed by atoms with Gasteiger partial charge in [0.25, 0.3) is 5.91 Å². The fourth-order valence-electron chi connectivity index (χ4n) is 2.23. The Morgan fingerprint density at radius 1 is 1.42 bits per heavy atom. The third kappa shape index (κ3) is 2.93. The maximum Gasteiger partial charge on any atom is 0.335 e. The molecule has 2 atom stereocenters. The molecule has 1 aromatic rings. The van der Waals surface area contributed by atoms with Gasteiger partial charge in [-0.3, -0.25) is 4.79 Å². The van der Waals surface area contributed by atoms with Gasteiger partial charge in [-0.1, -0.05) is 6.92 Å². The van der Waals surface area contributed by atoms with Gasteiger partial charge < -0.3 is 15.2 Å². The smallest absolute Gasteiger partial charge is 0.335 e. The number of aromatic carboxylic acids is 1. The van der Waals surface area contributed by atoms with Crippen LogP contribution in [0.15, 0.2) is 18.2 Å². The van der Waals surface area contributed by atoms with Crippen molar-refractivity contribution in [3.8, 4) is 0 Å². The topological polar surface area (TPSA) is 75.6 Å². The Morgan fingerprint density at radius 2 is 2.16 bits per heavy atom. The summed E-state index contributed by atoms with van der Waals surface area (Å²) in [6.07, 6.45) is 0.467. The SMILES string of the molecule is Cc1cc(NC(=O)C2OCCC2C)ccc1C(=O)O. The van der Waals surface area contributed by atoms with Crippen LogP contribution >= 0.6 is 0 Å². The third-order valence-electron chi connectivity index (χ3n) is 3.37. The van der Waals surface area contributed by atoms with Crippen LogP contribution in [0.25, 0.3) is 0 Å². The second kappa shape index (κ2) is 5.40. The number of carboxylic acid groups (broad SMARTS) is 1. The Morgan fingerprint density at radius 3 is 2.68 bits per heavy atom. The van der Waals surface area contributed by atoms with Crippen molar-refractivity contribution in [2.24, 2.45) is 5.92 Å². The van der Waals surface area contributed by atoms with E-state index in [1.807, 2.05) is 6.92 Å². The summed E-state index contributed by atoms with van der Waals surface area (Å²) in [6.45, 7) is 4.29. The number of ether oxygens (including phenoxy) is 1. The summed E-state index contributed by atoms with van der Waals surface area (Å²) in [5, 5.41) is 11.7. The van der Waals surface area contributed by atoms with E-state index in [-0.39, 0.29) is 17.4 Å². The molecular formula is C14H17NO4. The van der Waals surface area contributed by atoms with E-state index in [1.54, 1.807) is 19.1 Å². The number of nitrogens with one attached hydrogen (secondary N) is 1. The molecule has 1 saturated heterocycles. The van der Waals surface area contributed by atoms with E-state index in [1.165, 1.54) is 6.07 Å². The van der Waals surface area contributed by atoms with Crippen molar-refractivity contribution in [2.75, 3.05) is 11.9 Å². The van der Waals surface area contributed by atoms with Gasteiger partial charge in [-0.2, -0.15) is 0 Å². The number of amides is 1. The van der Waals surface area contributed by atoms with Crippen LogP contribution in [0, 0.1) is 12.8 Å². The zero-order valence-electron chi connectivity index (χ0n) is 11.0. The molecule has 0 saturated carbocycles. The molecule has 1 amide bonds. The number of hydrogen-bond donors (Lipinski definition) is 2. The van der Waals surface area contributed by atoms with E-state index in [0.29, 0.717) is 17.9 Å². The maximum absolute atomic E-state index is 12.0. The van der Waals surface area contributed by atoms with Crippen molar-refractivity contribution in [3.05, 3.63) is 29.3 Å². The van der Waals surface area contributed by atoms with Crippen molar-refractivity contribution in [2.45, 2.75) is 26.4 Å². The van der Waals surface area contributed by atoms with Gasteiger partial charge >= 0.3 is 5.97 Å². The summed E-state index contributed by atoms with van der Waals surface area (Å²) in [7, 11) is 0. The van der Waals surface area contributed by atoms with Gasteiger partial charge in [0.05, 0.1) is 5.56 Å². The Bertz CT molecular complexity index is 512. The number of rotatable bonds is 3. The molecule has 0 aliphatic carbocycles. The summed E-state index contributed by atoms with van der Waals surface area (Å²) in [5.74, 6) is -0.935. The van der Waals surface area contributed by atoms with Crippen LogP contribution in [0.4, 0.5) is 5.69 Å². The van der Waals surface area contributed by atoms with Gasteiger partial charge in [0.1, 0.15) is 6.10 Å². The van der Waals surface area contributed by atoms with Crippen molar-refractivity contribution in [1.29, 1.82) is 0 Å². The lowest BCUT2D eigenvalue weighted by Gasteiger charge is -2.15. The molecule has 0 aromatic heterocycles. The standard InChI is InChI=1S/C14H17NO4/c1-8-5-6-19-12(8)13(16)15-10-3-4-11(14(17)18)9(2)7-10/h3-4,7-8,12H,5-6H2,1-2H3,(H,15,16)(H,17,18). The highest BCUT2D eigenvalue weighted by Gasteiger charge is 2.30. The van der Waals surface area contributed by atoms with E-state index in [0.717, 1.165) is 6.42 Å². The molecule has 1 fully saturated rings. The zero-order valence-corrected chi connectivity index (χ0v) is 11.0. The second-order valence-electron chi connectivity index (χ2n) is 4.88. The monoisotopic (exact) mass is 263 g/mol. The van der Waals surface area contributed by atoms with Crippen molar-refractivity contribution in [3.63, 3.8) is 0 Å². The van der Waals surface area contributed by atoms with Crippen molar-refractivity contribution < 1.29 is 19.4 Å². The Hall–Kier alpha value is -1.88. The van der Waals surface area contributed by atoms with Crippen LogP contribution in [-0.4, -0.2) is 29.7 Å². The second-order valence-corrected chi connectivity index (χ2v) is 4.88. The number of aryl methyl sites for hydroxylation is 1. The first-order valence-electron chi connectivity index (χ1n) is 6.25. The maximum atomic E-state index is 12.0. The molecule has 0 radical (unpaired) electrons. The highest BCUT2D eigenvalue weighted by atomic mass is 16.5. The molecule has 2 unspecified atom stereocenters. The normalized spacial score (nSPS) is 22.2. The third-order valence-corrected chi connectivity index (χ3v) is 3.37. The minimum atomic E-state index is -0.969. The predicted octanol–water partition coefficient (Wildman–Crippen LogP) is 2.06. The minimum absolute atomic E-state index is 0.174. The molecule has 1 aliphatic rings. The first-order chi connectivity index (χ1) is 8.99. The van der Waals surface area contributed by atoms with Crippen LogP contribution in [0.1, 0.15) is 29.3 Å². The summed E-state index contributed by atoms with van der Waals surface area (Å²) in [6, 6.07) is 4.74. The lowest BCUT2D eigenvalue weighted by molar-refractivity contribution is -0.126. The average Bonchev–Trinajstić information content (AvgIpc) is 2.75. The zero-order chi connectivity index (χ0) is 14.0. The van der Waals surface area contributed by atoms with Gasteiger partial charge in [-0.25, -0.2) is 4.79 Å². The largest absolute Gasteiger partial charge is 0.478 e. The summed E-state index contributed by atoms with van der Waals surface area (Å²) >= 11 is 0. The molecule has 0 spiro atoms. The predicted molar refractivity (Wildman–Crippen MR) is 70.3 cm³/mol. The Labute approximate surface area is 111 Å². The van der Waals surface area contributed by atoms with Gasteiger partial charge in [0.2, 0.25) is 0 Å². The molecule has 5 nitrogen and oxygen atoms in total. The molecule has 0 bridgehead atoms. The number of carbonyl (C=O) groups is 2. The molecular weight excluding hydrogens is 246 g/mol. The lowest BCUT2D eigenvalue weighted by atomic mass is 10.0. The van der Waals surface area contributed by atoms with Crippen molar-refractivity contribution >= 4 is 17.6 Å². The molecule has 1 heterocycles. The van der Waals surface area contributed by atoms with Gasteiger partial charge in [0.15, 0.2) is 0 Å². The Kier molecular flexibility index (Phi) is 3.85. The summed E-state index contributed by atoms with van der Waals surface area (Å²) < 4.78 is 5.39. The fourth-order valence-corrected chi connectivity index (χ4v) is 2.23. The van der Waals surface area contributed by atoms with Gasteiger partial charge in [-0.15, -0.1) is 0 Å². The summed E-state index contributed by atoms with van der Waals surface area (Å²) in [4.78, 5) is 22.9. The average molecular weight is 263 g/mol. The van der Waals surface area contributed by atoms with E-state index in [9.17, 15) is 9.59 Å². The van der Waals surface area contributed by atoms with Crippen LogP contribution < -0.4 is 5.32 Å². The molecule has 1 aromatic carbocycles. The van der Waals surface area contributed by atoms with E-state index in [2.05, 4.69) is 5.32 Å². The molecule has 2 rings (SSSR count). The first-order valence-corrected chi connectivity index (χ1v) is 6.25. The fraction of sp³-hybridized carbons (Fsp3) is 0.429. The van der Waals surface area contributed by atoms with Crippen molar-refractivity contribution in [1.82, 2.24) is 0 Å². The Balaban J connectivity index is 2.09. The van der Waals surface area contributed by atoms with Crippen LogP contribution in [0.3, 0.4) is 0 Å². The first kappa shape index (κ1) is 13.5. The molecule has 5 heteroatoms. The minimum Gasteiger partial charge on any atom is -0.478 e. The van der Waals surface area contributed by atoms with Gasteiger partial charge in [0, 0.05) is 12.3 Å². The van der Waals surface area contributed by atoms with E-state index < -0.39 is 12.1 Å². The quantitative estimate of drug-likeness (QED) is 0.875. The van der Waals surface area contributed by atoms with E-state index in [4.69, 9.17) is 9.84 Å². The number of carbonyl (C=O) groups excluding carboxylic acids is 1. The highest BCUT2D eigenvalue weighted by molar-refractivity contribution is 5.96. The van der Waals surface area contributed by atoms with Gasteiger partial charge in [-0.05, 0) is 43.0 Å². The number of benzene rings is 1. The number of anilines is 1.